The van der Waals surface area contributed by atoms with Gasteiger partial charge >= 0.3 is 11.6 Å². The number of nitrogens with zero attached hydrogens (tertiary/aromatic N) is 10. The van der Waals surface area contributed by atoms with E-state index in [4.69, 9.17) is 0 Å². The van der Waals surface area contributed by atoms with Gasteiger partial charge in [0.25, 0.3) is 0 Å². The molecule has 0 aliphatic rings. The molecule has 2 rings (SSSR count). The van der Waals surface area contributed by atoms with Crippen LogP contribution >= 0.6 is 0 Å². The first-order chi connectivity index (χ1) is 7.58. The van der Waals surface area contributed by atoms with Crippen LogP contribution < -0.4 is 0 Å². The van der Waals surface area contributed by atoms with Crippen LogP contribution in [0.4, 0.5) is 0 Å². The second-order valence-corrected chi connectivity index (χ2v) is 2.24. The normalized spacial score (nSPS) is 10.2. The number of rotatable bonds is 3. The third-order valence-electron chi connectivity index (χ3n) is 1.30. The van der Waals surface area contributed by atoms with Crippen LogP contribution in [0.25, 0.3) is 11.6 Å². The second kappa shape index (κ2) is 3.26. The van der Waals surface area contributed by atoms with E-state index >= 15 is 0 Å². The highest BCUT2D eigenvalue weighted by Gasteiger charge is 2.25. The molecule has 0 saturated carbocycles. The van der Waals surface area contributed by atoms with E-state index in [2.05, 4.69) is 30.8 Å². The Kier molecular flexibility index (Phi) is 1.93. The second-order valence-electron chi connectivity index (χ2n) is 2.24. The van der Waals surface area contributed by atoms with Crippen LogP contribution in [-0.4, -0.2) is 50.7 Å². The van der Waals surface area contributed by atoms with Gasteiger partial charge in [-0.2, -0.15) is 0 Å². The summed E-state index contributed by atoms with van der Waals surface area (Å²) in [5.74, 6) is -0.686. The van der Waals surface area contributed by atoms with Gasteiger partial charge in [-0.1, -0.05) is 0 Å². The van der Waals surface area contributed by atoms with Crippen LogP contribution in [0.5, 0.6) is 0 Å². The zero-order valence-corrected chi connectivity index (χ0v) is 7.11. The molecule has 0 N–H and O–H groups in total. The third-order valence-corrected chi connectivity index (χ3v) is 1.30. The van der Waals surface area contributed by atoms with Crippen molar-refractivity contribution in [2.75, 3.05) is 0 Å². The molecule has 0 bridgehead atoms. The van der Waals surface area contributed by atoms with Crippen LogP contribution in [0.3, 0.4) is 0 Å². The average molecular weight is 228 g/mol. The van der Waals surface area contributed by atoms with Gasteiger partial charge in [0, 0.05) is 10.1 Å². The average Bonchev–Trinajstić information content (AvgIpc) is 2.86. The Morgan fingerprint density at radius 3 is 1.50 bits per heavy atom. The van der Waals surface area contributed by atoms with Crippen LogP contribution in [-0.2, 0) is 0 Å². The number of hydrogen-bond acceptors (Lipinski definition) is 10. The standard InChI is InChI=1S/C2N10O4/c13-11(14)9-5-1(3-7-9)2-4-8-10(6-2)12(15)16. The summed E-state index contributed by atoms with van der Waals surface area (Å²) in [6.07, 6.45) is 0. The molecular weight excluding hydrogens is 228 g/mol. The summed E-state index contributed by atoms with van der Waals surface area (Å²) in [6.45, 7) is 0. The van der Waals surface area contributed by atoms with Gasteiger partial charge in [-0.05, 0) is 10.2 Å². The minimum absolute atomic E-state index is 0.0716. The summed E-state index contributed by atoms with van der Waals surface area (Å²) in [4.78, 5) is 20.5. The number of tetrazole rings is 2. The van der Waals surface area contributed by atoms with E-state index < -0.39 is 10.1 Å². The molecule has 0 amide bonds. The van der Waals surface area contributed by atoms with Gasteiger partial charge in [-0.3, -0.25) is 0 Å². The lowest BCUT2D eigenvalue weighted by atomic mass is 10.6. The summed E-state index contributed by atoms with van der Waals surface area (Å²) in [6, 6.07) is 0. The zero-order chi connectivity index (χ0) is 11.7. The van der Waals surface area contributed by atoms with Crippen molar-refractivity contribution in [3.8, 4) is 11.6 Å². The molecule has 82 valence electrons. The minimum Gasteiger partial charge on any atom is -0.372 e. The molecule has 0 saturated heterocycles. The topological polar surface area (TPSA) is 173 Å². The van der Waals surface area contributed by atoms with Crippen LogP contribution in [0.15, 0.2) is 0 Å². The van der Waals surface area contributed by atoms with Gasteiger partial charge in [0.05, 0.1) is 10.2 Å². The summed E-state index contributed by atoms with van der Waals surface area (Å²) in [5.41, 5.74) is 0. The lowest BCUT2D eigenvalue weighted by Crippen LogP contribution is -2.12. The highest BCUT2D eigenvalue weighted by atomic mass is 16.7. The summed E-state index contributed by atoms with van der Waals surface area (Å²) >= 11 is 0. The van der Waals surface area contributed by atoms with Crippen molar-refractivity contribution in [2.45, 2.75) is 0 Å². The minimum atomic E-state index is -0.950. The molecule has 0 atom stereocenters. The SMILES string of the molecule is O=[N+]([O-])n1nnc(-c2nnn([N+](=O)[O-])n2)n1. The van der Waals surface area contributed by atoms with E-state index in [1.54, 1.807) is 0 Å². The van der Waals surface area contributed by atoms with Gasteiger partial charge in [0.2, 0.25) is 0 Å². The molecule has 0 aliphatic carbocycles. The molecular formula is C2N10O4. The maximum atomic E-state index is 10.2. The Balaban J connectivity index is 2.35. The Hall–Kier alpha value is -3.06. The molecule has 16 heavy (non-hydrogen) atoms. The summed E-state index contributed by atoms with van der Waals surface area (Å²) in [7, 11) is 0. The zero-order valence-electron chi connectivity index (χ0n) is 7.11. The summed E-state index contributed by atoms with van der Waals surface area (Å²) < 4.78 is 0. The van der Waals surface area contributed by atoms with Crippen LogP contribution in [0.2, 0.25) is 0 Å². The van der Waals surface area contributed by atoms with Crippen LogP contribution in [0, 0.1) is 20.2 Å². The highest BCUT2D eigenvalue weighted by molar-refractivity contribution is 5.37. The predicted molar refractivity (Wildman–Crippen MR) is 39.4 cm³/mol. The molecule has 0 aliphatic heterocycles. The Bertz CT molecular complexity index is 502. The number of aromatic nitrogens is 8. The van der Waals surface area contributed by atoms with Crippen molar-refractivity contribution in [3.63, 3.8) is 0 Å². The first-order valence-corrected chi connectivity index (χ1v) is 3.47. The van der Waals surface area contributed by atoms with Crippen molar-refractivity contribution < 1.29 is 10.1 Å². The first-order valence-electron chi connectivity index (χ1n) is 3.47. The highest BCUT2D eigenvalue weighted by Crippen LogP contribution is 2.03. The molecule has 0 radical (unpaired) electrons. The molecule has 0 fully saturated rings. The number of hydrogen-bond donors (Lipinski definition) is 0. The van der Waals surface area contributed by atoms with E-state index in [0.29, 0.717) is 0 Å². The van der Waals surface area contributed by atoms with Crippen molar-refractivity contribution in [1.82, 2.24) is 40.6 Å². The molecule has 0 spiro atoms. The fourth-order valence-electron chi connectivity index (χ4n) is 0.731. The van der Waals surface area contributed by atoms with Gasteiger partial charge in [-0.15, -0.1) is 0 Å². The van der Waals surface area contributed by atoms with Gasteiger partial charge < -0.3 is 20.2 Å². The van der Waals surface area contributed by atoms with Crippen LogP contribution in [0.1, 0.15) is 0 Å². The number of nitro groups is 2. The Morgan fingerprint density at radius 1 is 0.875 bits per heavy atom. The fourth-order valence-corrected chi connectivity index (χ4v) is 0.731. The van der Waals surface area contributed by atoms with E-state index in [1.807, 2.05) is 0 Å². The molecule has 14 heteroatoms. The molecule has 2 aromatic rings. The van der Waals surface area contributed by atoms with Gasteiger partial charge in [0.1, 0.15) is 10.4 Å². The summed E-state index contributed by atoms with van der Waals surface area (Å²) in [5, 5.41) is 37.5. The first kappa shape index (κ1) is 9.49. The van der Waals surface area contributed by atoms with Gasteiger partial charge in [-0.25, -0.2) is 0 Å². The van der Waals surface area contributed by atoms with Crippen molar-refractivity contribution in [2.24, 2.45) is 0 Å². The van der Waals surface area contributed by atoms with Crippen molar-refractivity contribution in [3.05, 3.63) is 20.2 Å². The molecule has 2 aromatic heterocycles. The Morgan fingerprint density at radius 2 is 1.25 bits per heavy atom. The lowest BCUT2D eigenvalue weighted by molar-refractivity contribution is -0.564. The maximum Gasteiger partial charge on any atom is 0.361 e. The van der Waals surface area contributed by atoms with E-state index in [-0.39, 0.29) is 21.5 Å². The predicted octanol–water partition coefficient (Wildman–Crippen LogP) is -2.59. The molecule has 0 aromatic carbocycles. The van der Waals surface area contributed by atoms with E-state index in [1.165, 1.54) is 0 Å². The van der Waals surface area contributed by atoms with Crippen molar-refractivity contribution >= 4 is 0 Å². The largest absolute Gasteiger partial charge is 0.372 e. The molecule has 14 nitrogen and oxygen atoms in total. The monoisotopic (exact) mass is 228 g/mol. The third kappa shape index (κ3) is 1.49. The Labute approximate surface area is 83.7 Å². The quantitative estimate of drug-likeness (QED) is 0.400. The van der Waals surface area contributed by atoms with E-state index in [0.717, 1.165) is 0 Å². The van der Waals surface area contributed by atoms with Gasteiger partial charge in [0.15, 0.2) is 9.81 Å². The maximum absolute atomic E-state index is 10.2. The molecule has 2 heterocycles. The fraction of sp³-hybridized carbons (Fsp3) is 0. The smallest absolute Gasteiger partial charge is 0.361 e. The van der Waals surface area contributed by atoms with Crippen molar-refractivity contribution in [1.29, 1.82) is 0 Å². The lowest BCUT2D eigenvalue weighted by Gasteiger charge is -1.84. The van der Waals surface area contributed by atoms with E-state index in [9.17, 15) is 20.2 Å². The molecule has 0 unspecified atom stereocenters.